The molecule has 0 aliphatic heterocycles. The number of aryl methyl sites for hydroxylation is 1. The van der Waals surface area contributed by atoms with Crippen molar-refractivity contribution in [1.82, 2.24) is 29.8 Å². The molecule has 1 aromatic carbocycles. The largest absolute Gasteiger partial charge is 0.476 e. The highest BCUT2D eigenvalue weighted by atomic mass is 16.4. The van der Waals surface area contributed by atoms with Gasteiger partial charge < -0.3 is 9.67 Å². The summed E-state index contributed by atoms with van der Waals surface area (Å²) in [5, 5.41) is 24.7. The number of benzene rings is 1. The van der Waals surface area contributed by atoms with Crippen molar-refractivity contribution in [3.8, 4) is 11.3 Å². The Morgan fingerprint density at radius 3 is 2.62 bits per heavy atom. The summed E-state index contributed by atoms with van der Waals surface area (Å²) in [5.74, 6) is -0.452. The summed E-state index contributed by atoms with van der Waals surface area (Å²) in [6.45, 7) is 0.293. The van der Waals surface area contributed by atoms with Crippen molar-refractivity contribution in [1.29, 1.82) is 0 Å². The van der Waals surface area contributed by atoms with Gasteiger partial charge in [-0.25, -0.2) is 9.48 Å². The minimum atomic E-state index is -1.11. The van der Waals surface area contributed by atoms with Crippen molar-refractivity contribution in [2.75, 3.05) is 0 Å². The number of nitrogens with zero attached hydrogens (tertiary/aromatic N) is 6. The Morgan fingerprint density at radius 1 is 1.24 bits per heavy atom. The molecule has 0 unspecified atom stereocenters. The van der Waals surface area contributed by atoms with Gasteiger partial charge in [0.1, 0.15) is 18.6 Å². The number of rotatable bonds is 4. The Bertz CT molecular complexity index is 777. The van der Waals surface area contributed by atoms with E-state index < -0.39 is 5.97 Å². The molecule has 2 aromatic heterocycles. The van der Waals surface area contributed by atoms with Gasteiger partial charge in [-0.05, 0) is 0 Å². The van der Waals surface area contributed by atoms with Crippen LogP contribution >= 0.6 is 0 Å². The fourth-order valence-electron chi connectivity index (χ4n) is 2.03. The van der Waals surface area contributed by atoms with Crippen LogP contribution in [0.15, 0.2) is 36.7 Å². The van der Waals surface area contributed by atoms with E-state index in [4.69, 9.17) is 0 Å². The summed E-state index contributed by atoms with van der Waals surface area (Å²) < 4.78 is 3.26. The van der Waals surface area contributed by atoms with Crippen LogP contribution in [-0.4, -0.2) is 40.8 Å². The lowest BCUT2D eigenvalue weighted by Gasteiger charge is -2.06. The Kier molecular flexibility index (Phi) is 3.19. The van der Waals surface area contributed by atoms with E-state index in [1.807, 2.05) is 37.4 Å². The van der Waals surface area contributed by atoms with Crippen molar-refractivity contribution in [2.45, 2.75) is 6.54 Å². The summed E-state index contributed by atoms with van der Waals surface area (Å²) in [6, 6.07) is 9.17. The molecule has 8 nitrogen and oxygen atoms in total. The van der Waals surface area contributed by atoms with Gasteiger partial charge in [0.25, 0.3) is 0 Å². The molecule has 0 atom stereocenters. The lowest BCUT2D eigenvalue weighted by Crippen LogP contribution is -2.09. The Balaban J connectivity index is 2.09. The number of carboxylic acid groups (broad SMARTS) is 1. The van der Waals surface area contributed by atoms with Crippen molar-refractivity contribution in [3.63, 3.8) is 0 Å². The molecule has 0 radical (unpaired) electrons. The molecular weight excluding hydrogens is 272 g/mol. The van der Waals surface area contributed by atoms with E-state index in [1.54, 1.807) is 10.9 Å². The number of carboxylic acids is 1. The second kappa shape index (κ2) is 5.16. The Morgan fingerprint density at radius 2 is 2.00 bits per heavy atom. The third-order valence-corrected chi connectivity index (χ3v) is 3.08. The van der Waals surface area contributed by atoms with Gasteiger partial charge >= 0.3 is 5.97 Å². The number of aromatic carboxylic acids is 1. The molecule has 0 spiro atoms. The van der Waals surface area contributed by atoms with Crippen LogP contribution in [0.25, 0.3) is 11.3 Å². The van der Waals surface area contributed by atoms with Gasteiger partial charge in [0, 0.05) is 12.6 Å². The average molecular weight is 284 g/mol. The molecule has 0 saturated heterocycles. The highest BCUT2D eigenvalue weighted by molar-refractivity contribution is 5.92. The number of aromatic nitrogens is 6. The van der Waals surface area contributed by atoms with Crippen LogP contribution in [0.2, 0.25) is 0 Å². The predicted molar refractivity (Wildman–Crippen MR) is 72.5 cm³/mol. The lowest BCUT2D eigenvalue weighted by molar-refractivity contribution is 0.0691. The maximum absolute atomic E-state index is 11.3. The van der Waals surface area contributed by atoms with E-state index in [9.17, 15) is 9.90 Å². The topological polar surface area (TPSA) is 98.7 Å². The van der Waals surface area contributed by atoms with Gasteiger partial charge in [-0.3, -0.25) is 0 Å². The summed E-state index contributed by atoms with van der Waals surface area (Å²) in [5.41, 5.74) is 1.11. The minimum Gasteiger partial charge on any atom is -0.476 e. The molecule has 0 amide bonds. The molecule has 3 rings (SSSR count). The lowest BCUT2D eigenvalue weighted by atomic mass is 10.1. The first-order chi connectivity index (χ1) is 10.2. The van der Waals surface area contributed by atoms with Gasteiger partial charge in [-0.2, -0.15) is 0 Å². The van der Waals surface area contributed by atoms with Crippen LogP contribution in [0.3, 0.4) is 0 Å². The molecule has 3 aromatic rings. The summed E-state index contributed by atoms with van der Waals surface area (Å²) in [7, 11) is 1.81. The van der Waals surface area contributed by atoms with Crippen LogP contribution in [0.1, 0.15) is 16.3 Å². The number of carbonyl (C=O) groups is 1. The van der Waals surface area contributed by atoms with Crippen LogP contribution in [0, 0.1) is 0 Å². The van der Waals surface area contributed by atoms with Crippen LogP contribution < -0.4 is 0 Å². The van der Waals surface area contributed by atoms with Crippen molar-refractivity contribution in [3.05, 3.63) is 48.2 Å². The van der Waals surface area contributed by atoms with Gasteiger partial charge in [0.05, 0.1) is 0 Å². The van der Waals surface area contributed by atoms with Gasteiger partial charge in [0.15, 0.2) is 11.5 Å². The van der Waals surface area contributed by atoms with E-state index in [2.05, 4.69) is 20.5 Å². The molecule has 0 bridgehead atoms. The second-order valence-electron chi connectivity index (χ2n) is 4.47. The first-order valence-electron chi connectivity index (χ1n) is 6.22. The standard InChI is InChI=1S/C13H12N6O2/c1-18-8-14-15-10(18)7-19-12(9-5-3-2-4-6-9)11(13(20)21)16-17-19/h2-6,8H,7H2,1H3,(H,20,21). The Labute approximate surface area is 119 Å². The molecule has 8 heteroatoms. The summed E-state index contributed by atoms with van der Waals surface area (Å²) in [4.78, 5) is 11.3. The fourth-order valence-corrected chi connectivity index (χ4v) is 2.03. The quantitative estimate of drug-likeness (QED) is 0.761. The van der Waals surface area contributed by atoms with Crippen LogP contribution in [-0.2, 0) is 13.6 Å². The number of hydrogen-bond donors (Lipinski definition) is 1. The molecule has 0 aliphatic carbocycles. The SMILES string of the molecule is Cn1cnnc1Cn1nnc(C(=O)O)c1-c1ccccc1. The predicted octanol–water partition coefficient (Wildman–Crippen LogP) is 0.820. The molecular formula is C13H12N6O2. The first kappa shape index (κ1) is 13.0. The molecule has 1 N–H and O–H groups in total. The second-order valence-corrected chi connectivity index (χ2v) is 4.47. The van der Waals surface area contributed by atoms with Gasteiger partial charge in [0.2, 0.25) is 0 Å². The van der Waals surface area contributed by atoms with Crippen LogP contribution in [0.4, 0.5) is 0 Å². The Hall–Kier alpha value is -3.03. The minimum absolute atomic E-state index is 0.0802. The van der Waals surface area contributed by atoms with E-state index in [-0.39, 0.29) is 5.69 Å². The maximum Gasteiger partial charge on any atom is 0.358 e. The van der Waals surface area contributed by atoms with E-state index in [0.29, 0.717) is 18.1 Å². The zero-order valence-electron chi connectivity index (χ0n) is 11.2. The van der Waals surface area contributed by atoms with Crippen molar-refractivity contribution >= 4 is 5.97 Å². The van der Waals surface area contributed by atoms with Crippen molar-refractivity contribution in [2.24, 2.45) is 7.05 Å². The zero-order valence-corrected chi connectivity index (χ0v) is 11.2. The van der Waals surface area contributed by atoms with Crippen molar-refractivity contribution < 1.29 is 9.90 Å². The molecule has 21 heavy (non-hydrogen) atoms. The normalized spacial score (nSPS) is 10.7. The summed E-state index contributed by atoms with van der Waals surface area (Å²) >= 11 is 0. The van der Waals surface area contributed by atoms with E-state index in [0.717, 1.165) is 5.56 Å². The monoisotopic (exact) mass is 284 g/mol. The van der Waals surface area contributed by atoms with Gasteiger partial charge in [-0.15, -0.1) is 15.3 Å². The third kappa shape index (κ3) is 2.38. The van der Waals surface area contributed by atoms with Gasteiger partial charge in [-0.1, -0.05) is 35.5 Å². The van der Waals surface area contributed by atoms with E-state index >= 15 is 0 Å². The number of hydrogen-bond acceptors (Lipinski definition) is 5. The molecule has 0 fully saturated rings. The van der Waals surface area contributed by atoms with E-state index in [1.165, 1.54) is 4.68 Å². The fraction of sp³-hybridized carbons (Fsp3) is 0.154. The van der Waals surface area contributed by atoms with Crippen LogP contribution in [0.5, 0.6) is 0 Å². The maximum atomic E-state index is 11.3. The third-order valence-electron chi connectivity index (χ3n) is 3.08. The highest BCUT2D eigenvalue weighted by Crippen LogP contribution is 2.22. The molecule has 0 aliphatic rings. The molecule has 106 valence electrons. The smallest absolute Gasteiger partial charge is 0.358 e. The highest BCUT2D eigenvalue weighted by Gasteiger charge is 2.21. The average Bonchev–Trinajstić information content (AvgIpc) is 3.07. The first-order valence-corrected chi connectivity index (χ1v) is 6.22. The molecule has 0 saturated carbocycles. The molecule has 2 heterocycles. The zero-order chi connectivity index (χ0) is 14.8. The summed E-state index contributed by atoms with van der Waals surface area (Å²) in [6.07, 6.45) is 1.58.